The number of nitrogens with zero attached hydrogens (tertiary/aromatic N) is 3. The molecule has 0 bridgehead atoms. The number of carbonyl (C=O) groups is 1. The van der Waals surface area contributed by atoms with Crippen molar-refractivity contribution in [2.24, 2.45) is 0 Å². The predicted molar refractivity (Wildman–Crippen MR) is 92.9 cm³/mol. The smallest absolute Gasteiger partial charge is 0.236 e. The molecule has 1 aromatic carbocycles. The Bertz CT molecular complexity index is 664. The maximum absolute atomic E-state index is 12.5. The summed E-state index contributed by atoms with van der Waals surface area (Å²) >= 11 is 0. The van der Waals surface area contributed by atoms with E-state index in [1.807, 2.05) is 29.2 Å². The Hall–Kier alpha value is -1.88. The van der Waals surface area contributed by atoms with Gasteiger partial charge in [-0.2, -0.15) is 0 Å². The molecule has 0 saturated carbocycles. The van der Waals surface area contributed by atoms with E-state index in [0.717, 1.165) is 56.0 Å². The molecule has 5 nitrogen and oxygen atoms in total. The number of fused-ring (bicyclic) bond motifs is 1. The highest BCUT2D eigenvalue weighted by atomic mass is 16.3. The molecule has 0 aliphatic carbocycles. The first kappa shape index (κ1) is 15.6. The number of hydrogen-bond donors (Lipinski definition) is 0. The van der Waals surface area contributed by atoms with E-state index >= 15 is 0 Å². The SMILES string of the molecule is O=C(CN1CCCCC1)N1CCC(c2nc3ccccc3o2)CC1. The molecule has 0 spiro atoms. The van der Waals surface area contributed by atoms with Crippen molar-refractivity contribution in [2.45, 2.75) is 38.0 Å². The first-order chi connectivity index (χ1) is 11.8. The second kappa shape index (κ2) is 6.93. The number of rotatable bonds is 3. The molecular weight excluding hydrogens is 302 g/mol. The highest BCUT2D eigenvalue weighted by molar-refractivity contribution is 5.78. The largest absolute Gasteiger partial charge is 0.440 e. The number of benzene rings is 1. The lowest BCUT2D eigenvalue weighted by molar-refractivity contribution is -0.133. The summed E-state index contributed by atoms with van der Waals surface area (Å²) in [6, 6.07) is 7.90. The molecule has 2 fully saturated rings. The van der Waals surface area contributed by atoms with Gasteiger partial charge in [-0.3, -0.25) is 9.69 Å². The fourth-order valence-electron chi connectivity index (χ4n) is 3.85. The number of carbonyl (C=O) groups excluding carboxylic acids is 1. The van der Waals surface area contributed by atoms with Gasteiger partial charge in [0.15, 0.2) is 11.5 Å². The summed E-state index contributed by atoms with van der Waals surface area (Å²) in [6.07, 6.45) is 5.65. The van der Waals surface area contributed by atoms with Crippen LogP contribution in [0, 0.1) is 0 Å². The summed E-state index contributed by atoms with van der Waals surface area (Å²) in [5.74, 6) is 1.45. The number of piperidine rings is 2. The minimum absolute atomic E-state index is 0.285. The zero-order valence-corrected chi connectivity index (χ0v) is 14.1. The van der Waals surface area contributed by atoms with Crippen LogP contribution < -0.4 is 0 Å². The average molecular weight is 327 g/mol. The van der Waals surface area contributed by atoms with Crippen LogP contribution >= 0.6 is 0 Å². The molecule has 0 unspecified atom stereocenters. The van der Waals surface area contributed by atoms with E-state index in [1.165, 1.54) is 19.3 Å². The van der Waals surface area contributed by atoms with Gasteiger partial charge in [0.05, 0.1) is 6.54 Å². The molecule has 2 aromatic rings. The van der Waals surface area contributed by atoms with Gasteiger partial charge in [0.25, 0.3) is 0 Å². The Kier molecular flexibility index (Phi) is 4.52. The molecule has 2 saturated heterocycles. The molecule has 0 atom stereocenters. The summed E-state index contributed by atoms with van der Waals surface area (Å²) in [5, 5.41) is 0. The Morgan fingerprint density at radius 1 is 1.08 bits per heavy atom. The van der Waals surface area contributed by atoms with Crippen LogP contribution in [0.3, 0.4) is 0 Å². The monoisotopic (exact) mass is 327 g/mol. The van der Waals surface area contributed by atoms with Gasteiger partial charge in [-0.1, -0.05) is 18.6 Å². The summed E-state index contributed by atoms with van der Waals surface area (Å²) in [6.45, 7) is 4.37. The van der Waals surface area contributed by atoms with Gasteiger partial charge >= 0.3 is 0 Å². The van der Waals surface area contributed by atoms with Gasteiger partial charge < -0.3 is 9.32 Å². The van der Waals surface area contributed by atoms with Crippen LogP contribution in [0.1, 0.15) is 43.9 Å². The van der Waals surface area contributed by atoms with Crippen molar-refractivity contribution in [1.29, 1.82) is 0 Å². The molecule has 1 aromatic heterocycles. The van der Waals surface area contributed by atoms with Gasteiger partial charge in [0, 0.05) is 19.0 Å². The molecule has 128 valence electrons. The van der Waals surface area contributed by atoms with Crippen molar-refractivity contribution in [1.82, 2.24) is 14.8 Å². The van der Waals surface area contributed by atoms with Crippen molar-refractivity contribution in [2.75, 3.05) is 32.7 Å². The zero-order valence-electron chi connectivity index (χ0n) is 14.1. The summed E-state index contributed by atoms with van der Waals surface area (Å²) in [7, 11) is 0. The molecule has 0 N–H and O–H groups in total. The number of oxazole rings is 1. The number of amides is 1. The van der Waals surface area contributed by atoms with Gasteiger partial charge in [0.2, 0.25) is 5.91 Å². The van der Waals surface area contributed by atoms with Gasteiger partial charge in [-0.15, -0.1) is 0 Å². The highest BCUT2D eigenvalue weighted by Crippen LogP contribution is 2.30. The molecular formula is C19H25N3O2. The molecule has 2 aliphatic heterocycles. The summed E-state index contributed by atoms with van der Waals surface area (Å²) in [5.41, 5.74) is 1.78. The molecule has 1 amide bonds. The fraction of sp³-hybridized carbons (Fsp3) is 0.579. The second-order valence-corrected chi connectivity index (χ2v) is 7.01. The maximum atomic E-state index is 12.5. The van der Waals surface area contributed by atoms with E-state index in [-0.39, 0.29) is 5.91 Å². The van der Waals surface area contributed by atoms with Crippen LogP contribution in [0.2, 0.25) is 0 Å². The van der Waals surface area contributed by atoms with Crippen LogP contribution in [-0.2, 0) is 4.79 Å². The normalized spacial score (nSPS) is 20.6. The minimum atomic E-state index is 0.285. The van der Waals surface area contributed by atoms with E-state index in [9.17, 15) is 4.79 Å². The molecule has 5 heteroatoms. The van der Waals surface area contributed by atoms with E-state index in [0.29, 0.717) is 12.5 Å². The lowest BCUT2D eigenvalue weighted by atomic mass is 9.96. The summed E-state index contributed by atoms with van der Waals surface area (Å²) in [4.78, 5) is 21.4. The number of hydrogen-bond acceptors (Lipinski definition) is 4. The topological polar surface area (TPSA) is 49.6 Å². The van der Waals surface area contributed by atoms with E-state index in [2.05, 4.69) is 9.88 Å². The van der Waals surface area contributed by atoms with Crippen LogP contribution in [0.4, 0.5) is 0 Å². The van der Waals surface area contributed by atoms with Crippen LogP contribution in [-0.4, -0.2) is 53.4 Å². The third-order valence-electron chi connectivity index (χ3n) is 5.31. The maximum Gasteiger partial charge on any atom is 0.236 e. The van der Waals surface area contributed by atoms with Crippen LogP contribution in [0.25, 0.3) is 11.1 Å². The first-order valence-corrected chi connectivity index (χ1v) is 9.15. The molecule has 3 heterocycles. The van der Waals surface area contributed by atoms with Crippen molar-refractivity contribution < 1.29 is 9.21 Å². The number of likely N-dealkylation sites (tertiary alicyclic amines) is 2. The minimum Gasteiger partial charge on any atom is -0.440 e. The standard InChI is InChI=1S/C19H25N3O2/c23-18(14-21-10-4-1-5-11-21)22-12-8-15(9-13-22)19-20-16-6-2-3-7-17(16)24-19/h2-3,6-7,15H,1,4-5,8-14H2. The highest BCUT2D eigenvalue weighted by Gasteiger charge is 2.27. The number of aromatic nitrogens is 1. The summed E-state index contributed by atoms with van der Waals surface area (Å²) < 4.78 is 5.90. The van der Waals surface area contributed by atoms with E-state index in [4.69, 9.17) is 4.42 Å². The van der Waals surface area contributed by atoms with Crippen molar-refractivity contribution in [3.05, 3.63) is 30.2 Å². The molecule has 2 aliphatic rings. The average Bonchev–Trinajstić information content (AvgIpc) is 3.07. The molecule has 24 heavy (non-hydrogen) atoms. The number of para-hydroxylation sites is 2. The van der Waals surface area contributed by atoms with Gasteiger partial charge in [0.1, 0.15) is 5.52 Å². The lowest BCUT2D eigenvalue weighted by Gasteiger charge is -2.33. The van der Waals surface area contributed by atoms with E-state index in [1.54, 1.807) is 0 Å². The zero-order chi connectivity index (χ0) is 16.4. The Balaban J connectivity index is 1.33. The van der Waals surface area contributed by atoms with E-state index < -0.39 is 0 Å². The Morgan fingerprint density at radius 2 is 1.83 bits per heavy atom. The van der Waals surface area contributed by atoms with Crippen molar-refractivity contribution in [3.8, 4) is 0 Å². The van der Waals surface area contributed by atoms with Crippen LogP contribution in [0.5, 0.6) is 0 Å². The van der Waals surface area contributed by atoms with Crippen molar-refractivity contribution in [3.63, 3.8) is 0 Å². The van der Waals surface area contributed by atoms with Gasteiger partial charge in [-0.05, 0) is 50.9 Å². The molecule has 4 rings (SSSR count). The first-order valence-electron chi connectivity index (χ1n) is 9.15. The Labute approximate surface area is 142 Å². The quantitative estimate of drug-likeness (QED) is 0.869. The third kappa shape index (κ3) is 3.31. The van der Waals surface area contributed by atoms with Crippen molar-refractivity contribution >= 4 is 17.0 Å². The fourth-order valence-corrected chi connectivity index (χ4v) is 3.85. The second-order valence-electron chi connectivity index (χ2n) is 7.01. The predicted octanol–water partition coefficient (Wildman–Crippen LogP) is 3.02. The van der Waals surface area contributed by atoms with Gasteiger partial charge in [-0.25, -0.2) is 4.98 Å². The third-order valence-corrected chi connectivity index (χ3v) is 5.31. The Morgan fingerprint density at radius 3 is 2.58 bits per heavy atom. The van der Waals surface area contributed by atoms with Crippen LogP contribution in [0.15, 0.2) is 28.7 Å². The molecule has 0 radical (unpaired) electrons. The lowest BCUT2D eigenvalue weighted by Crippen LogP contribution is -2.45.